The van der Waals surface area contributed by atoms with Gasteiger partial charge in [0.1, 0.15) is 0 Å². The van der Waals surface area contributed by atoms with Gasteiger partial charge in [-0.3, -0.25) is 4.79 Å². The van der Waals surface area contributed by atoms with Crippen LogP contribution in [0.3, 0.4) is 0 Å². The smallest absolute Gasteiger partial charge is 0.227 e. The van der Waals surface area contributed by atoms with Crippen molar-refractivity contribution in [1.82, 2.24) is 10.2 Å². The number of carbonyl (C=O) groups excluding carboxylic acids is 1. The van der Waals surface area contributed by atoms with Crippen molar-refractivity contribution in [1.29, 1.82) is 0 Å². The zero-order valence-electron chi connectivity index (χ0n) is 10.4. The van der Waals surface area contributed by atoms with Crippen LogP contribution >= 0.6 is 28.3 Å². The molecule has 0 saturated carbocycles. The summed E-state index contributed by atoms with van der Waals surface area (Å²) in [5.41, 5.74) is 1.06. The van der Waals surface area contributed by atoms with Crippen LogP contribution in [0.1, 0.15) is 12.5 Å². The topological polar surface area (TPSA) is 32.3 Å². The average molecular weight is 334 g/mol. The third-order valence-electron chi connectivity index (χ3n) is 3.07. The van der Waals surface area contributed by atoms with Gasteiger partial charge in [-0.05, 0) is 24.6 Å². The summed E-state index contributed by atoms with van der Waals surface area (Å²) in [7, 11) is 0. The highest BCUT2D eigenvalue weighted by Gasteiger charge is 2.22. The summed E-state index contributed by atoms with van der Waals surface area (Å²) in [4.78, 5) is 14.1. The van der Waals surface area contributed by atoms with Crippen LogP contribution < -0.4 is 5.32 Å². The summed E-state index contributed by atoms with van der Waals surface area (Å²) in [6.07, 6.45) is 0.490. The van der Waals surface area contributed by atoms with E-state index in [0.717, 1.165) is 29.7 Å². The first-order chi connectivity index (χ1) is 8.16. The molecule has 0 aromatic heterocycles. The summed E-state index contributed by atoms with van der Waals surface area (Å²) in [6.45, 7) is 4.69. The second-order valence-electron chi connectivity index (χ2n) is 4.45. The van der Waals surface area contributed by atoms with Crippen LogP contribution in [0.2, 0.25) is 0 Å². The van der Waals surface area contributed by atoms with E-state index in [1.807, 2.05) is 29.2 Å². The molecule has 3 nitrogen and oxygen atoms in total. The van der Waals surface area contributed by atoms with Crippen LogP contribution in [-0.2, 0) is 11.2 Å². The minimum absolute atomic E-state index is 0. The molecule has 5 heteroatoms. The van der Waals surface area contributed by atoms with Crippen molar-refractivity contribution >= 4 is 34.2 Å². The fraction of sp³-hybridized carbons (Fsp3) is 0.462. The van der Waals surface area contributed by atoms with Crippen molar-refractivity contribution in [2.45, 2.75) is 19.4 Å². The van der Waals surface area contributed by atoms with Crippen LogP contribution in [0.15, 0.2) is 28.7 Å². The zero-order valence-corrected chi connectivity index (χ0v) is 12.8. The predicted molar refractivity (Wildman–Crippen MR) is 79.1 cm³/mol. The molecule has 1 fully saturated rings. The van der Waals surface area contributed by atoms with E-state index in [1.54, 1.807) is 0 Å². The third kappa shape index (κ3) is 3.97. The normalized spacial score (nSPS) is 19.2. The van der Waals surface area contributed by atoms with Crippen LogP contribution in [-0.4, -0.2) is 36.5 Å². The van der Waals surface area contributed by atoms with E-state index in [9.17, 15) is 4.79 Å². The van der Waals surface area contributed by atoms with Gasteiger partial charge in [-0.2, -0.15) is 0 Å². The van der Waals surface area contributed by atoms with E-state index in [1.165, 1.54) is 0 Å². The molecule has 18 heavy (non-hydrogen) atoms. The number of piperazine rings is 1. The van der Waals surface area contributed by atoms with E-state index >= 15 is 0 Å². The number of nitrogens with one attached hydrogen (secondary N) is 1. The molecule has 0 spiro atoms. The number of benzene rings is 1. The summed E-state index contributed by atoms with van der Waals surface area (Å²) in [5.74, 6) is 0.220. The maximum absolute atomic E-state index is 12.2. The molecule has 1 aliphatic rings. The molecule has 2 rings (SSSR count). The van der Waals surface area contributed by atoms with Gasteiger partial charge in [0, 0.05) is 30.1 Å². The molecule has 100 valence electrons. The molecule has 1 heterocycles. The van der Waals surface area contributed by atoms with Gasteiger partial charge in [-0.1, -0.05) is 28.1 Å². The van der Waals surface area contributed by atoms with E-state index in [2.05, 4.69) is 28.2 Å². The second-order valence-corrected chi connectivity index (χ2v) is 5.36. The van der Waals surface area contributed by atoms with Crippen LogP contribution in [0.25, 0.3) is 0 Å². The van der Waals surface area contributed by atoms with E-state index in [-0.39, 0.29) is 18.3 Å². The Kier molecular flexibility index (Phi) is 6.12. The minimum Gasteiger partial charge on any atom is -0.337 e. The Bertz CT molecular complexity index is 414. The average Bonchev–Trinajstić information content (AvgIpc) is 2.29. The Balaban J connectivity index is 0.00000162. The summed E-state index contributed by atoms with van der Waals surface area (Å²) in [5, 5.41) is 3.29. The summed E-state index contributed by atoms with van der Waals surface area (Å²) >= 11 is 3.43. The highest BCUT2D eigenvalue weighted by molar-refractivity contribution is 9.10. The number of amides is 1. The zero-order chi connectivity index (χ0) is 12.3. The van der Waals surface area contributed by atoms with Crippen molar-refractivity contribution in [2.24, 2.45) is 0 Å². The minimum atomic E-state index is 0. The van der Waals surface area contributed by atoms with Gasteiger partial charge in [0.15, 0.2) is 0 Å². The lowest BCUT2D eigenvalue weighted by Crippen LogP contribution is -2.52. The number of hydrogen-bond acceptors (Lipinski definition) is 2. The number of carbonyl (C=O) groups is 1. The first-order valence-electron chi connectivity index (χ1n) is 5.91. The lowest BCUT2D eigenvalue weighted by atomic mass is 10.1. The monoisotopic (exact) mass is 332 g/mol. The number of hydrogen-bond donors (Lipinski definition) is 1. The van der Waals surface area contributed by atoms with E-state index in [0.29, 0.717) is 12.5 Å². The first kappa shape index (κ1) is 15.5. The van der Waals surface area contributed by atoms with Gasteiger partial charge < -0.3 is 10.2 Å². The SMILES string of the molecule is CC1CNCCN1C(=O)Cc1cccc(Br)c1.Cl. The summed E-state index contributed by atoms with van der Waals surface area (Å²) < 4.78 is 1.02. The van der Waals surface area contributed by atoms with Crippen LogP contribution in [0.4, 0.5) is 0 Å². The molecule has 1 saturated heterocycles. The van der Waals surface area contributed by atoms with Gasteiger partial charge in [0.2, 0.25) is 5.91 Å². The molecule has 1 atom stereocenters. The van der Waals surface area contributed by atoms with Crippen LogP contribution in [0.5, 0.6) is 0 Å². The van der Waals surface area contributed by atoms with Crippen molar-refractivity contribution in [2.75, 3.05) is 19.6 Å². The maximum atomic E-state index is 12.2. The lowest BCUT2D eigenvalue weighted by Gasteiger charge is -2.34. The second kappa shape index (κ2) is 7.12. The molecule has 1 N–H and O–H groups in total. The highest BCUT2D eigenvalue weighted by Crippen LogP contribution is 2.14. The number of nitrogens with zero attached hydrogens (tertiary/aromatic N) is 1. The fourth-order valence-electron chi connectivity index (χ4n) is 2.13. The van der Waals surface area contributed by atoms with Gasteiger partial charge >= 0.3 is 0 Å². The maximum Gasteiger partial charge on any atom is 0.227 e. The molecule has 0 bridgehead atoms. The molecule has 1 aromatic rings. The highest BCUT2D eigenvalue weighted by atomic mass is 79.9. The molecular weight excluding hydrogens is 316 g/mol. The van der Waals surface area contributed by atoms with Crippen molar-refractivity contribution in [3.8, 4) is 0 Å². The van der Waals surface area contributed by atoms with Gasteiger partial charge in [0.25, 0.3) is 0 Å². The number of halogens is 2. The molecule has 1 aliphatic heterocycles. The summed E-state index contributed by atoms with van der Waals surface area (Å²) in [6, 6.07) is 8.23. The predicted octanol–water partition coefficient (Wildman–Crippen LogP) is 2.23. The number of rotatable bonds is 2. The van der Waals surface area contributed by atoms with E-state index < -0.39 is 0 Å². The van der Waals surface area contributed by atoms with Gasteiger partial charge in [0.05, 0.1) is 6.42 Å². The van der Waals surface area contributed by atoms with Crippen molar-refractivity contribution in [3.05, 3.63) is 34.3 Å². The molecular formula is C13H18BrClN2O. The van der Waals surface area contributed by atoms with Crippen LogP contribution in [0, 0.1) is 0 Å². The Morgan fingerprint density at radius 3 is 3.00 bits per heavy atom. The fourth-order valence-corrected chi connectivity index (χ4v) is 2.58. The molecule has 1 aromatic carbocycles. The third-order valence-corrected chi connectivity index (χ3v) is 3.56. The first-order valence-corrected chi connectivity index (χ1v) is 6.71. The molecule has 0 radical (unpaired) electrons. The Hall–Kier alpha value is -0.580. The Morgan fingerprint density at radius 1 is 1.56 bits per heavy atom. The van der Waals surface area contributed by atoms with Gasteiger partial charge in [-0.25, -0.2) is 0 Å². The van der Waals surface area contributed by atoms with Crippen molar-refractivity contribution in [3.63, 3.8) is 0 Å². The quantitative estimate of drug-likeness (QED) is 0.900. The van der Waals surface area contributed by atoms with E-state index in [4.69, 9.17) is 0 Å². The largest absolute Gasteiger partial charge is 0.337 e. The lowest BCUT2D eigenvalue weighted by molar-refractivity contribution is -0.133. The molecule has 1 unspecified atom stereocenters. The standard InChI is InChI=1S/C13H17BrN2O.ClH/c1-10-9-15-5-6-16(10)13(17)8-11-3-2-4-12(14)7-11;/h2-4,7,10,15H,5-6,8-9H2,1H3;1H. The van der Waals surface area contributed by atoms with Crippen molar-refractivity contribution < 1.29 is 4.79 Å². The molecule has 1 amide bonds. The molecule has 0 aliphatic carbocycles. The Labute approximate surface area is 122 Å². The van der Waals surface area contributed by atoms with Gasteiger partial charge in [-0.15, -0.1) is 12.4 Å². The Morgan fingerprint density at radius 2 is 2.33 bits per heavy atom.